The second kappa shape index (κ2) is 13.0. The molecule has 0 saturated carbocycles. The number of hydrogen-bond donors (Lipinski definition) is 2. The Labute approximate surface area is 237 Å². The van der Waals surface area contributed by atoms with Gasteiger partial charge in [0.1, 0.15) is 17.6 Å². The summed E-state index contributed by atoms with van der Waals surface area (Å²) in [5, 5.41) is 9.99. The lowest BCUT2D eigenvalue weighted by Gasteiger charge is -2.35. The van der Waals surface area contributed by atoms with Crippen molar-refractivity contribution in [1.29, 1.82) is 0 Å². The van der Waals surface area contributed by atoms with Gasteiger partial charge in [-0.3, -0.25) is 19.3 Å². The number of halogens is 2. The molecule has 3 rings (SSSR count). The van der Waals surface area contributed by atoms with Crippen LogP contribution in [0.15, 0.2) is 53.1 Å². The summed E-state index contributed by atoms with van der Waals surface area (Å²) in [6.45, 7) is 7.41. The number of nitrogens with one attached hydrogen (secondary N) is 2. The Hall–Kier alpha value is -3.56. The number of carbonyl (C=O) groups is 3. The number of amides is 3. The predicted octanol–water partition coefficient (Wildman–Crippen LogP) is 6.10. The van der Waals surface area contributed by atoms with Crippen molar-refractivity contribution in [3.05, 3.63) is 69.9 Å². The number of methoxy groups -OCH3 is 1. The highest BCUT2D eigenvalue weighted by Crippen LogP contribution is 2.39. The van der Waals surface area contributed by atoms with E-state index < -0.39 is 29.3 Å². The Morgan fingerprint density at radius 3 is 2.44 bits per heavy atom. The van der Waals surface area contributed by atoms with Gasteiger partial charge in [-0.1, -0.05) is 53.5 Å². The zero-order chi connectivity index (χ0) is 28.7. The van der Waals surface area contributed by atoms with Crippen LogP contribution in [0, 0.1) is 6.92 Å². The van der Waals surface area contributed by atoms with Crippen LogP contribution in [0.3, 0.4) is 0 Å². The molecule has 39 heavy (non-hydrogen) atoms. The number of aromatic nitrogens is 1. The first-order chi connectivity index (χ1) is 18.5. The molecule has 0 aliphatic rings. The molecule has 2 N–H and O–H groups in total. The second-order valence-corrected chi connectivity index (χ2v) is 10.4. The summed E-state index contributed by atoms with van der Waals surface area (Å²) in [5.41, 5.74) is 0.0951. The molecule has 3 amide bonds. The number of ether oxygens (including phenoxy) is 1. The minimum Gasteiger partial charge on any atom is -0.495 e. The van der Waals surface area contributed by atoms with Gasteiger partial charge >= 0.3 is 0 Å². The zero-order valence-corrected chi connectivity index (χ0v) is 24.0. The van der Waals surface area contributed by atoms with Gasteiger partial charge in [0.2, 0.25) is 17.7 Å². The maximum atomic E-state index is 13.9. The molecule has 1 aromatic heterocycles. The lowest BCUT2D eigenvalue weighted by atomic mass is 9.97. The van der Waals surface area contributed by atoms with Crippen molar-refractivity contribution < 1.29 is 23.6 Å². The van der Waals surface area contributed by atoms with Crippen LogP contribution in [0.5, 0.6) is 5.75 Å². The van der Waals surface area contributed by atoms with Gasteiger partial charge in [0, 0.05) is 40.1 Å². The van der Waals surface area contributed by atoms with Crippen LogP contribution in [0.2, 0.25) is 10.0 Å². The van der Waals surface area contributed by atoms with E-state index in [4.69, 9.17) is 32.5 Å². The third-order valence-corrected chi connectivity index (χ3v) is 6.76. The summed E-state index contributed by atoms with van der Waals surface area (Å²) in [7, 11) is 1.45. The highest BCUT2D eigenvalue weighted by Gasteiger charge is 2.37. The van der Waals surface area contributed by atoms with E-state index in [1.165, 1.54) is 12.0 Å². The minimum absolute atomic E-state index is 0.179. The molecule has 208 valence electrons. The van der Waals surface area contributed by atoms with Crippen LogP contribution in [-0.4, -0.2) is 35.5 Å². The third-order valence-electron chi connectivity index (χ3n) is 6.18. The van der Waals surface area contributed by atoms with Gasteiger partial charge in [-0.2, -0.15) is 0 Å². The number of carbonyl (C=O) groups excluding carboxylic acids is 3. The molecule has 9 nitrogen and oxygen atoms in total. The SMILES string of the molecule is CCC(C)(C)NC(=O)C(c1ccccc1Cl)N(C(=O)CCC(=O)Nc1cc(C)on1)c1cc(Cl)ccc1OC. The Morgan fingerprint density at radius 2 is 1.82 bits per heavy atom. The van der Waals surface area contributed by atoms with Crippen LogP contribution < -0.4 is 20.3 Å². The second-order valence-electron chi connectivity index (χ2n) is 9.60. The summed E-state index contributed by atoms with van der Waals surface area (Å²) in [6, 6.07) is 11.9. The molecule has 0 radical (unpaired) electrons. The molecule has 1 unspecified atom stereocenters. The summed E-state index contributed by atoms with van der Waals surface area (Å²) < 4.78 is 10.5. The predicted molar refractivity (Wildman–Crippen MR) is 151 cm³/mol. The van der Waals surface area contributed by atoms with Gasteiger partial charge in [0.25, 0.3) is 0 Å². The molecule has 1 heterocycles. The van der Waals surface area contributed by atoms with Crippen LogP contribution >= 0.6 is 23.2 Å². The third kappa shape index (κ3) is 7.74. The first kappa shape index (κ1) is 30.0. The lowest BCUT2D eigenvalue weighted by Crippen LogP contribution is -2.50. The molecule has 0 bridgehead atoms. The minimum atomic E-state index is -1.19. The number of anilines is 2. The molecular weight excluding hydrogens is 543 g/mol. The van der Waals surface area contributed by atoms with Gasteiger partial charge in [-0.25, -0.2) is 0 Å². The van der Waals surface area contributed by atoms with Crippen molar-refractivity contribution in [1.82, 2.24) is 10.5 Å². The van der Waals surface area contributed by atoms with Gasteiger partial charge in [0.15, 0.2) is 5.82 Å². The Bertz CT molecular complexity index is 1340. The molecular formula is C28H32Cl2N4O5. The van der Waals surface area contributed by atoms with Gasteiger partial charge in [-0.05, 0) is 51.5 Å². The van der Waals surface area contributed by atoms with Gasteiger partial charge in [0.05, 0.1) is 12.8 Å². The summed E-state index contributed by atoms with van der Waals surface area (Å²) in [6.07, 6.45) is 0.231. The van der Waals surface area contributed by atoms with E-state index in [9.17, 15) is 14.4 Å². The highest BCUT2D eigenvalue weighted by molar-refractivity contribution is 6.32. The van der Waals surface area contributed by atoms with Crippen molar-refractivity contribution in [3.63, 3.8) is 0 Å². The summed E-state index contributed by atoms with van der Waals surface area (Å²) >= 11 is 12.9. The van der Waals surface area contributed by atoms with E-state index >= 15 is 0 Å². The quantitative estimate of drug-likeness (QED) is 0.286. The lowest BCUT2D eigenvalue weighted by molar-refractivity contribution is -0.128. The fourth-order valence-corrected chi connectivity index (χ4v) is 4.23. The van der Waals surface area contributed by atoms with Crippen molar-refractivity contribution >= 4 is 52.4 Å². The first-order valence-electron chi connectivity index (χ1n) is 12.4. The fraction of sp³-hybridized carbons (Fsp3) is 0.357. The Balaban J connectivity index is 2.06. The van der Waals surface area contributed by atoms with Gasteiger partial charge in [-0.15, -0.1) is 0 Å². The molecule has 0 fully saturated rings. The molecule has 0 aliphatic heterocycles. The standard InChI is InChI=1S/C28H32Cl2N4O5/c1-6-28(3,4)32-27(37)26(19-9-7-8-10-20(19)30)34(21-16-18(29)11-12-22(21)38-5)25(36)14-13-24(35)31-23-15-17(2)39-33-23/h7-12,15-16,26H,6,13-14H2,1-5H3,(H,32,37)(H,31,33,35). The van der Waals surface area contributed by atoms with E-state index in [1.807, 2.05) is 20.8 Å². The monoisotopic (exact) mass is 574 g/mol. The van der Waals surface area contributed by atoms with Crippen molar-refractivity contribution in [2.45, 2.75) is 58.5 Å². The molecule has 0 spiro atoms. The average molecular weight is 575 g/mol. The fourth-order valence-electron chi connectivity index (χ4n) is 3.83. The van der Waals surface area contributed by atoms with Crippen molar-refractivity contribution in [2.24, 2.45) is 0 Å². The highest BCUT2D eigenvalue weighted by atomic mass is 35.5. The smallest absolute Gasteiger partial charge is 0.248 e. The molecule has 0 aliphatic carbocycles. The van der Waals surface area contributed by atoms with E-state index in [1.54, 1.807) is 55.5 Å². The summed E-state index contributed by atoms with van der Waals surface area (Å²) in [5.74, 6) is -0.322. The number of aryl methyl sites for hydroxylation is 1. The molecule has 1 atom stereocenters. The van der Waals surface area contributed by atoms with Crippen LogP contribution in [0.25, 0.3) is 0 Å². The molecule has 3 aromatic rings. The zero-order valence-electron chi connectivity index (χ0n) is 22.5. The molecule has 11 heteroatoms. The van der Waals surface area contributed by atoms with Gasteiger partial charge < -0.3 is 19.9 Å². The Morgan fingerprint density at radius 1 is 1.10 bits per heavy atom. The van der Waals surface area contributed by atoms with Crippen LogP contribution in [0.4, 0.5) is 11.5 Å². The maximum absolute atomic E-state index is 13.9. The topological polar surface area (TPSA) is 114 Å². The normalized spacial score (nSPS) is 12.0. The van der Waals surface area contributed by atoms with Crippen molar-refractivity contribution in [2.75, 3.05) is 17.3 Å². The van der Waals surface area contributed by atoms with Crippen LogP contribution in [0.1, 0.15) is 57.4 Å². The average Bonchev–Trinajstić information content (AvgIpc) is 3.30. The number of nitrogens with zero attached hydrogens (tertiary/aromatic N) is 2. The van der Waals surface area contributed by atoms with E-state index in [0.29, 0.717) is 33.5 Å². The van der Waals surface area contributed by atoms with E-state index in [0.717, 1.165) is 0 Å². The molecule has 0 saturated heterocycles. The van der Waals surface area contributed by atoms with Crippen molar-refractivity contribution in [3.8, 4) is 5.75 Å². The number of benzene rings is 2. The Kier molecular flexibility index (Phi) is 9.99. The first-order valence-corrected chi connectivity index (χ1v) is 13.2. The number of rotatable bonds is 11. The number of hydrogen-bond acceptors (Lipinski definition) is 6. The van der Waals surface area contributed by atoms with E-state index in [2.05, 4.69) is 15.8 Å². The van der Waals surface area contributed by atoms with Crippen LogP contribution in [-0.2, 0) is 14.4 Å². The summed E-state index contributed by atoms with van der Waals surface area (Å²) in [4.78, 5) is 41.8. The molecule has 2 aromatic carbocycles. The largest absolute Gasteiger partial charge is 0.495 e. The maximum Gasteiger partial charge on any atom is 0.248 e. The van der Waals surface area contributed by atoms with E-state index in [-0.39, 0.29) is 24.3 Å².